The van der Waals surface area contributed by atoms with Crippen LogP contribution in [-0.4, -0.2) is 17.3 Å². The number of nitrogens with one attached hydrogen (secondary N) is 1. The summed E-state index contributed by atoms with van der Waals surface area (Å²) in [6.45, 7) is 0.204. The predicted molar refractivity (Wildman–Crippen MR) is 84.3 cm³/mol. The van der Waals surface area contributed by atoms with Gasteiger partial charge in [0.1, 0.15) is 0 Å². The summed E-state index contributed by atoms with van der Waals surface area (Å²) in [5.41, 5.74) is 1.46. The van der Waals surface area contributed by atoms with Gasteiger partial charge in [-0.05, 0) is 62.1 Å². The summed E-state index contributed by atoms with van der Waals surface area (Å²) in [7, 11) is 0. The quantitative estimate of drug-likeness (QED) is 0.852. The highest BCUT2D eigenvalue weighted by atomic mass is 35.5. The van der Waals surface area contributed by atoms with Gasteiger partial charge < -0.3 is 10.4 Å². The first kappa shape index (κ1) is 14.2. The van der Waals surface area contributed by atoms with Gasteiger partial charge in [-0.15, -0.1) is 0 Å². The van der Waals surface area contributed by atoms with Crippen LogP contribution < -0.4 is 5.32 Å². The number of rotatable bonds is 3. The van der Waals surface area contributed by atoms with E-state index < -0.39 is 0 Å². The van der Waals surface area contributed by atoms with Crippen molar-refractivity contribution in [3.63, 3.8) is 0 Å². The summed E-state index contributed by atoms with van der Waals surface area (Å²) >= 11 is 6.05. The molecule has 0 heterocycles. The Balaban J connectivity index is 1.70. The van der Waals surface area contributed by atoms with Gasteiger partial charge in [-0.1, -0.05) is 30.5 Å². The van der Waals surface area contributed by atoms with E-state index in [4.69, 9.17) is 11.6 Å². The van der Waals surface area contributed by atoms with Crippen LogP contribution >= 0.6 is 11.6 Å². The zero-order valence-electron chi connectivity index (χ0n) is 12.0. The largest absolute Gasteiger partial charge is 0.394 e. The Morgan fingerprint density at radius 1 is 1.05 bits per heavy atom. The van der Waals surface area contributed by atoms with Crippen LogP contribution in [0.4, 0.5) is 5.69 Å². The van der Waals surface area contributed by atoms with Crippen molar-refractivity contribution in [1.29, 1.82) is 0 Å². The molecular formula is C17H24ClNO. The lowest BCUT2D eigenvalue weighted by Gasteiger charge is -2.45. The molecule has 0 radical (unpaired) electrons. The molecule has 20 heavy (non-hydrogen) atoms. The maximum Gasteiger partial charge on any atom is 0.0661 e. The molecule has 2 saturated carbocycles. The second-order valence-corrected chi connectivity index (χ2v) is 7.22. The topological polar surface area (TPSA) is 32.3 Å². The SMILES string of the molecule is OCC1(Nc2cccc(Cl)c2)CCC2(CCCC2)CC1. The highest BCUT2D eigenvalue weighted by Crippen LogP contribution is 2.51. The second kappa shape index (κ2) is 5.57. The number of benzene rings is 1. The van der Waals surface area contributed by atoms with Gasteiger partial charge in [0.05, 0.1) is 12.1 Å². The minimum absolute atomic E-state index is 0.154. The Hall–Kier alpha value is -0.730. The molecule has 0 unspecified atom stereocenters. The highest BCUT2D eigenvalue weighted by Gasteiger charge is 2.43. The van der Waals surface area contributed by atoms with Crippen LogP contribution in [0.25, 0.3) is 0 Å². The molecule has 1 spiro atoms. The monoisotopic (exact) mass is 293 g/mol. The smallest absolute Gasteiger partial charge is 0.0661 e. The van der Waals surface area contributed by atoms with Crippen LogP contribution in [0, 0.1) is 5.41 Å². The Morgan fingerprint density at radius 3 is 2.35 bits per heavy atom. The Bertz CT molecular complexity index is 458. The minimum atomic E-state index is -0.154. The molecule has 0 bridgehead atoms. The van der Waals surface area contributed by atoms with Crippen LogP contribution in [0.3, 0.4) is 0 Å². The molecule has 2 aliphatic carbocycles. The van der Waals surface area contributed by atoms with Crippen LogP contribution in [0.1, 0.15) is 51.4 Å². The molecule has 2 fully saturated rings. The van der Waals surface area contributed by atoms with Gasteiger partial charge in [0, 0.05) is 10.7 Å². The summed E-state index contributed by atoms with van der Waals surface area (Å²) in [5.74, 6) is 0. The Morgan fingerprint density at radius 2 is 1.75 bits per heavy atom. The van der Waals surface area contributed by atoms with Crippen molar-refractivity contribution in [3.05, 3.63) is 29.3 Å². The third-order valence-corrected chi connectivity index (χ3v) is 5.70. The van der Waals surface area contributed by atoms with E-state index in [1.54, 1.807) is 0 Å². The van der Waals surface area contributed by atoms with Crippen molar-refractivity contribution in [1.82, 2.24) is 0 Å². The van der Waals surface area contributed by atoms with Crippen molar-refractivity contribution in [2.45, 2.75) is 56.9 Å². The van der Waals surface area contributed by atoms with Crippen LogP contribution in [0.5, 0.6) is 0 Å². The van der Waals surface area contributed by atoms with Crippen molar-refractivity contribution >= 4 is 17.3 Å². The van der Waals surface area contributed by atoms with Crippen molar-refractivity contribution in [2.24, 2.45) is 5.41 Å². The number of halogens is 1. The molecule has 2 aliphatic rings. The number of aliphatic hydroxyl groups is 1. The standard InChI is InChI=1S/C17H24ClNO/c18-14-4-3-5-15(12-14)19-17(13-20)10-8-16(9-11-17)6-1-2-7-16/h3-5,12,19-20H,1-2,6-11,13H2. The van der Waals surface area contributed by atoms with Gasteiger partial charge in [0.2, 0.25) is 0 Å². The van der Waals surface area contributed by atoms with Crippen molar-refractivity contribution in [2.75, 3.05) is 11.9 Å². The Labute approximate surface area is 126 Å². The van der Waals surface area contributed by atoms with E-state index in [0.717, 1.165) is 23.6 Å². The van der Waals surface area contributed by atoms with E-state index >= 15 is 0 Å². The molecule has 2 nitrogen and oxygen atoms in total. The van der Waals surface area contributed by atoms with E-state index in [9.17, 15) is 5.11 Å². The van der Waals surface area contributed by atoms with Crippen LogP contribution in [0.15, 0.2) is 24.3 Å². The zero-order valence-corrected chi connectivity index (χ0v) is 12.8. The average Bonchev–Trinajstić information content (AvgIpc) is 2.91. The van der Waals surface area contributed by atoms with Gasteiger partial charge in [-0.2, -0.15) is 0 Å². The van der Waals surface area contributed by atoms with Crippen LogP contribution in [0.2, 0.25) is 5.02 Å². The molecule has 0 saturated heterocycles. The minimum Gasteiger partial charge on any atom is -0.394 e. The van der Waals surface area contributed by atoms with Gasteiger partial charge in [-0.25, -0.2) is 0 Å². The molecule has 0 amide bonds. The average molecular weight is 294 g/mol. The normalized spacial score (nSPS) is 23.9. The summed E-state index contributed by atoms with van der Waals surface area (Å²) in [6.07, 6.45) is 10.2. The molecule has 3 rings (SSSR count). The van der Waals surface area contributed by atoms with Crippen LogP contribution in [-0.2, 0) is 0 Å². The van der Waals surface area contributed by atoms with E-state index in [-0.39, 0.29) is 12.1 Å². The van der Waals surface area contributed by atoms with Crippen molar-refractivity contribution < 1.29 is 5.11 Å². The lowest BCUT2D eigenvalue weighted by molar-refractivity contribution is 0.100. The van der Waals surface area contributed by atoms with Crippen molar-refractivity contribution in [3.8, 4) is 0 Å². The van der Waals surface area contributed by atoms with Gasteiger partial charge in [0.15, 0.2) is 0 Å². The molecule has 0 atom stereocenters. The van der Waals surface area contributed by atoms with Gasteiger partial charge in [-0.3, -0.25) is 0 Å². The van der Waals surface area contributed by atoms with E-state index in [1.165, 1.54) is 38.5 Å². The lowest BCUT2D eigenvalue weighted by Crippen LogP contribution is -2.47. The third kappa shape index (κ3) is 2.82. The molecule has 3 heteroatoms. The second-order valence-electron chi connectivity index (χ2n) is 6.78. The maximum atomic E-state index is 9.91. The fourth-order valence-electron chi connectivity index (χ4n) is 4.08. The number of aliphatic hydroxyl groups excluding tert-OH is 1. The lowest BCUT2D eigenvalue weighted by atomic mass is 9.66. The van der Waals surface area contributed by atoms with Gasteiger partial charge >= 0.3 is 0 Å². The number of hydrogen-bond acceptors (Lipinski definition) is 2. The molecule has 0 aromatic heterocycles. The molecule has 110 valence electrons. The summed E-state index contributed by atoms with van der Waals surface area (Å²) in [5, 5.41) is 14.2. The van der Waals surface area contributed by atoms with Gasteiger partial charge in [0.25, 0.3) is 0 Å². The van der Waals surface area contributed by atoms with E-state index in [1.807, 2.05) is 24.3 Å². The fraction of sp³-hybridized carbons (Fsp3) is 0.647. The molecule has 1 aromatic carbocycles. The number of anilines is 1. The molecule has 1 aromatic rings. The molecule has 2 N–H and O–H groups in total. The zero-order chi connectivity index (χ0) is 14.1. The third-order valence-electron chi connectivity index (χ3n) is 5.47. The van der Waals surface area contributed by atoms with E-state index in [2.05, 4.69) is 5.32 Å². The predicted octanol–water partition coefficient (Wildman–Crippen LogP) is 4.62. The fourth-order valence-corrected chi connectivity index (χ4v) is 4.27. The molecular weight excluding hydrogens is 270 g/mol. The first-order valence-corrected chi connectivity index (χ1v) is 8.18. The summed E-state index contributed by atoms with van der Waals surface area (Å²) in [4.78, 5) is 0. The maximum absolute atomic E-state index is 9.91. The number of hydrogen-bond donors (Lipinski definition) is 2. The highest BCUT2D eigenvalue weighted by molar-refractivity contribution is 6.30. The Kier molecular flexibility index (Phi) is 3.96. The van der Waals surface area contributed by atoms with E-state index in [0.29, 0.717) is 5.41 Å². The summed E-state index contributed by atoms with van der Waals surface area (Å²) in [6, 6.07) is 7.81. The molecule has 0 aliphatic heterocycles. The first-order chi connectivity index (χ1) is 9.65. The summed E-state index contributed by atoms with van der Waals surface area (Å²) < 4.78 is 0. The first-order valence-electron chi connectivity index (χ1n) is 7.80.